The Balaban J connectivity index is 1.60. The van der Waals surface area contributed by atoms with Crippen LogP contribution in [-0.2, 0) is 17.1 Å². The minimum absolute atomic E-state index is 0.184. The summed E-state index contributed by atoms with van der Waals surface area (Å²) in [6.45, 7) is 1.06. The van der Waals surface area contributed by atoms with Crippen LogP contribution in [0.1, 0.15) is 36.0 Å². The number of aromatic nitrogens is 1. The highest BCUT2D eigenvalue weighted by Gasteiger charge is 2.25. The van der Waals surface area contributed by atoms with E-state index in [9.17, 15) is 17.6 Å². The van der Waals surface area contributed by atoms with Crippen LogP contribution in [0.5, 0.6) is 0 Å². The van der Waals surface area contributed by atoms with E-state index in [-0.39, 0.29) is 10.7 Å². The van der Waals surface area contributed by atoms with Gasteiger partial charge in [0.15, 0.2) is 4.80 Å². The van der Waals surface area contributed by atoms with E-state index in [1.54, 1.807) is 17.7 Å². The first-order valence-electron chi connectivity index (χ1n) is 9.80. The standard InChI is InChI=1S/C21H22FN3O3S2/c1-24-18-11-8-16(22)14-19(18)29-21(24)23-20(26)15-6-9-17(10-7-15)30(27,28)25-12-4-2-3-5-13-25/h6-11,14H,2-5,12-13H2,1H3. The Morgan fingerprint density at radius 2 is 1.70 bits per heavy atom. The normalized spacial score (nSPS) is 16.7. The molecule has 3 aromatic rings. The van der Waals surface area contributed by atoms with Crippen molar-refractivity contribution < 1.29 is 17.6 Å². The van der Waals surface area contributed by atoms with Crippen LogP contribution < -0.4 is 4.80 Å². The Hall–Kier alpha value is -2.36. The summed E-state index contributed by atoms with van der Waals surface area (Å²) in [5.41, 5.74) is 1.08. The monoisotopic (exact) mass is 447 g/mol. The van der Waals surface area contributed by atoms with Crippen molar-refractivity contribution in [3.63, 3.8) is 0 Å². The number of sulfonamides is 1. The minimum atomic E-state index is -3.56. The van der Waals surface area contributed by atoms with E-state index in [1.807, 2.05) is 0 Å². The van der Waals surface area contributed by atoms with E-state index < -0.39 is 15.9 Å². The van der Waals surface area contributed by atoms with Gasteiger partial charge in [0.1, 0.15) is 5.82 Å². The molecule has 1 aliphatic rings. The van der Waals surface area contributed by atoms with Gasteiger partial charge in [-0.2, -0.15) is 9.30 Å². The van der Waals surface area contributed by atoms with Gasteiger partial charge in [0.25, 0.3) is 5.91 Å². The quantitative estimate of drug-likeness (QED) is 0.615. The highest BCUT2D eigenvalue weighted by Crippen LogP contribution is 2.21. The molecule has 0 unspecified atom stereocenters. The number of carbonyl (C=O) groups excluding carboxylic acids is 1. The van der Waals surface area contributed by atoms with Crippen LogP contribution in [0.15, 0.2) is 52.4 Å². The molecule has 30 heavy (non-hydrogen) atoms. The molecule has 0 saturated carbocycles. The molecule has 6 nitrogen and oxygen atoms in total. The average Bonchev–Trinajstić information content (AvgIpc) is 2.92. The van der Waals surface area contributed by atoms with Gasteiger partial charge in [-0.25, -0.2) is 12.8 Å². The number of nitrogens with zero attached hydrogens (tertiary/aromatic N) is 3. The molecule has 158 valence electrons. The zero-order valence-corrected chi connectivity index (χ0v) is 18.2. The molecule has 9 heteroatoms. The van der Waals surface area contributed by atoms with E-state index in [4.69, 9.17) is 0 Å². The smallest absolute Gasteiger partial charge is 0.279 e. The lowest BCUT2D eigenvalue weighted by Gasteiger charge is -2.19. The summed E-state index contributed by atoms with van der Waals surface area (Å²) in [5, 5.41) is 0. The summed E-state index contributed by atoms with van der Waals surface area (Å²) < 4.78 is 43.1. The fourth-order valence-electron chi connectivity index (χ4n) is 3.57. The Morgan fingerprint density at radius 3 is 2.37 bits per heavy atom. The van der Waals surface area contributed by atoms with Crippen LogP contribution in [0.2, 0.25) is 0 Å². The average molecular weight is 448 g/mol. The zero-order valence-electron chi connectivity index (χ0n) is 16.5. The minimum Gasteiger partial charge on any atom is -0.319 e. The van der Waals surface area contributed by atoms with Gasteiger partial charge in [0.2, 0.25) is 10.0 Å². The molecule has 0 atom stereocenters. The second-order valence-corrected chi connectivity index (χ2v) is 10.3. The van der Waals surface area contributed by atoms with E-state index in [1.165, 1.54) is 52.0 Å². The largest absolute Gasteiger partial charge is 0.319 e. The maximum Gasteiger partial charge on any atom is 0.279 e. The highest BCUT2D eigenvalue weighted by atomic mass is 32.2. The van der Waals surface area contributed by atoms with E-state index in [0.717, 1.165) is 31.2 Å². The predicted octanol–water partition coefficient (Wildman–Crippen LogP) is 3.68. The molecule has 1 amide bonds. The lowest BCUT2D eigenvalue weighted by molar-refractivity contribution is 0.0998. The first kappa shape index (κ1) is 20.9. The molecule has 0 radical (unpaired) electrons. The van der Waals surface area contributed by atoms with Gasteiger partial charge in [-0.1, -0.05) is 24.2 Å². The van der Waals surface area contributed by atoms with Crippen molar-refractivity contribution in [2.75, 3.05) is 13.1 Å². The number of carbonyl (C=O) groups is 1. The topological polar surface area (TPSA) is 71.7 Å². The first-order chi connectivity index (χ1) is 14.4. The number of aryl methyl sites for hydroxylation is 1. The van der Waals surface area contributed by atoms with Crippen LogP contribution >= 0.6 is 11.3 Å². The molecule has 1 aliphatic heterocycles. The SMILES string of the molecule is Cn1c(=NC(=O)c2ccc(S(=O)(=O)N3CCCCCC3)cc2)sc2cc(F)ccc21. The zero-order chi connectivity index (χ0) is 21.3. The summed E-state index contributed by atoms with van der Waals surface area (Å²) in [7, 11) is -1.80. The van der Waals surface area contributed by atoms with Gasteiger partial charge < -0.3 is 4.57 Å². The molecule has 0 bridgehead atoms. The van der Waals surface area contributed by atoms with Crippen molar-refractivity contribution in [2.45, 2.75) is 30.6 Å². The summed E-state index contributed by atoms with van der Waals surface area (Å²) >= 11 is 1.22. The van der Waals surface area contributed by atoms with Gasteiger partial charge in [-0.3, -0.25) is 4.79 Å². The molecule has 2 aromatic carbocycles. The van der Waals surface area contributed by atoms with E-state index >= 15 is 0 Å². The Bertz CT molecular complexity index is 1250. The molecule has 0 aliphatic carbocycles. The van der Waals surface area contributed by atoms with E-state index in [0.29, 0.717) is 28.2 Å². The third kappa shape index (κ3) is 4.10. The third-order valence-corrected chi connectivity index (χ3v) is 8.28. The number of benzene rings is 2. The molecule has 1 saturated heterocycles. The summed E-state index contributed by atoms with van der Waals surface area (Å²) in [5.74, 6) is -0.820. The van der Waals surface area contributed by atoms with Crippen LogP contribution in [0.4, 0.5) is 4.39 Å². The number of halogens is 1. The Morgan fingerprint density at radius 1 is 1.03 bits per heavy atom. The highest BCUT2D eigenvalue weighted by molar-refractivity contribution is 7.89. The van der Waals surface area contributed by atoms with Crippen LogP contribution in [0, 0.1) is 5.82 Å². The molecule has 0 N–H and O–H groups in total. The number of hydrogen-bond acceptors (Lipinski definition) is 4. The molecule has 1 fully saturated rings. The predicted molar refractivity (Wildman–Crippen MR) is 114 cm³/mol. The van der Waals surface area contributed by atoms with Crippen molar-refractivity contribution in [2.24, 2.45) is 12.0 Å². The molecule has 1 aromatic heterocycles. The van der Waals surface area contributed by atoms with Gasteiger partial charge in [-0.15, -0.1) is 0 Å². The molecular weight excluding hydrogens is 425 g/mol. The van der Waals surface area contributed by atoms with Gasteiger partial charge in [0.05, 0.1) is 15.1 Å². The fraction of sp³-hybridized carbons (Fsp3) is 0.333. The maximum absolute atomic E-state index is 13.4. The summed E-state index contributed by atoms with van der Waals surface area (Å²) in [4.78, 5) is 17.4. The molecule has 4 rings (SSSR count). The summed E-state index contributed by atoms with van der Waals surface area (Å²) in [6.07, 6.45) is 3.82. The van der Waals surface area contributed by atoms with Crippen molar-refractivity contribution in [1.29, 1.82) is 0 Å². The lowest BCUT2D eigenvalue weighted by atomic mass is 10.2. The number of rotatable bonds is 3. The van der Waals surface area contributed by atoms with Gasteiger partial charge in [-0.05, 0) is 55.3 Å². The first-order valence-corrected chi connectivity index (χ1v) is 12.1. The number of fused-ring (bicyclic) bond motifs is 1. The Labute approximate surface area is 178 Å². The number of amides is 1. The molecule has 2 heterocycles. The fourth-order valence-corrected chi connectivity index (χ4v) is 6.13. The third-order valence-electron chi connectivity index (χ3n) is 5.27. The maximum atomic E-state index is 13.4. The van der Waals surface area contributed by atoms with E-state index in [2.05, 4.69) is 4.99 Å². The second-order valence-electron chi connectivity index (χ2n) is 7.32. The van der Waals surface area contributed by atoms with Gasteiger partial charge in [0, 0.05) is 25.7 Å². The van der Waals surface area contributed by atoms with Crippen LogP contribution in [-0.4, -0.2) is 36.3 Å². The van der Waals surface area contributed by atoms with Gasteiger partial charge >= 0.3 is 0 Å². The van der Waals surface area contributed by atoms with Crippen molar-refractivity contribution in [1.82, 2.24) is 8.87 Å². The number of hydrogen-bond donors (Lipinski definition) is 0. The second kappa shape index (κ2) is 8.41. The van der Waals surface area contributed by atoms with Crippen LogP contribution in [0.25, 0.3) is 10.2 Å². The Kier molecular flexibility index (Phi) is 5.86. The summed E-state index contributed by atoms with van der Waals surface area (Å²) in [6, 6.07) is 10.3. The van der Waals surface area contributed by atoms with Crippen molar-refractivity contribution in [3.05, 3.63) is 58.6 Å². The van der Waals surface area contributed by atoms with Crippen molar-refractivity contribution in [3.8, 4) is 0 Å². The van der Waals surface area contributed by atoms with Crippen LogP contribution in [0.3, 0.4) is 0 Å². The number of thiazole rings is 1. The molecule has 0 spiro atoms. The molecular formula is C21H22FN3O3S2. The van der Waals surface area contributed by atoms with Crippen molar-refractivity contribution >= 4 is 37.5 Å². The lowest BCUT2D eigenvalue weighted by Crippen LogP contribution is -2.31.